The summed E-state index contributed by atoms with van der Waals surface area (Å²) >= 11 is 0. The first-order chi connectivity index (χ1) is 15.0. The van der Waals surface area contributed by atoms with Crippen molar-refractivity contribution in [3.63, 3.8) is 0 Å². The first kappa shape index (κ1) is 23.2. The van der Waals surface area contributed by atoms with Gasteiger partial charge in [-0.05, 0) is 55.5 Å². The molecule has 0 aliphatic carbocycles. The SMILES string of the molecule is O=P(O)(O)CCCNCc1ccc(C#CCCCCc2ccccc2)c2cccnc12. The summed E-state index contributed by atoms with van der Waals surface area (Å²) in [6.07, 6.45) is 6.29. The molecule has 3 rings (SSSR count). The van der Waals surface area contributed by atoms with Crippen molar-refractivity contribution in [2.45, 2.75) is 38.6 Å². The van der Waals surface area contributed by atoms with Gasteiger partial charge in [0.2, 0.25) is 0 Å². The number of rotatable bonds is 10. The Morgan fingerprint density at radius 2 is 1.81 bits per heavy atom. The van der Waals surface area contributed by atoms with Gasteiger partial charge in [-0.15, -0.1) is 0 Å². The Labute approximate surface area is 184 Å². The van der Waals surface area contributed by atoms with Gasteiger partial charge in [0.15, 0.2) is 0 Å². The highest BCUT2D eigenvalue weighted by Crippen LogP contribution is 2.34. The topological polar surface area (TPSA) is 82.5 Å². The Hall–Kier alpha value is -2.48. The lowest BCUT2D eigenvalue weighted by molar-refractivity contribution is 0.371. The average Bonchev–Trinajstić information content (AvgIpc) is 2.76. The average molecular weight is 436 g/mol. The molecule has 0 saturated heterocycles. The Morgan fingerprint density at radius 3 is 2.61 bits per heavy atom. The van der Waals surface area contributed by atoms with E-state index in [1.54, 1.807) is 6.20 Å². The first-order valence-corrected chi connectivity index (χ1v) is 12.5. The van der Waals surface area contributed by atoms with Gasteiger partial charge in [-0.3, -0.25) is 9.55 Å². The van der Waals surface area contributed by atoms with Crippen LogP contribution in [0.3, 0.4) is 0 Å². The van der Waals surface area contributed by atoms with E-state index in [1.165, 1.54) is 5.56 Å². The molecule has 0 saturated carbocycles. The molecule has 0 bridgehead atoms. The number of pyridine rings is 1. The van der Waals surface area contributed by atoms with Crippen molar-refractivity contribution >= 4 is 18.5 Å². The van der Waals surface area contributed by atoms with Crippen LogP contribution in [0.4, 0.5) is 0 Å². The molecule has 0 spiro atoms. The van der Waals surface area contributed by atoms with Crippen molar-refractivity contribution < 1.29 is 14.4 Å². The summed E-state index contributed by atoms with van der Waals surface area (Å²) in [6.45, 7) is 1.14. The van der Waals surface area contributed by atoms with Crippen LogP contribution in [0.2, 0.25) is 0 Å². The zero-order valence-electron chi connectivity index (χ0n) is 17.6. The van der Waals surface area contributed by atoms with Crippen LogP contribution in [0.5, 0.6) is 0 Å². The first-order valence-electron chi connectivity index (χ1n) is 10.7. The fraction of sp³-hybridized carbons (Fsp3) is 0.320. The monoisotopic (exact) mass is 436 g/mol. The molecule has 5 nitrogen and oxygen atoms in total. The van der Waals surface area contributed by atoms with Crippen LogP contribution in [-0.2, 0) is 17.5 Å². The van der Waals surface area contributed by atoms with Crippen molar-refractivity contribution in [1.82, 2.24) is 10.3 Å². The van der Waals surface area contributed by atoms with Crippen LogP contribution in [0, 0.1) is 11.8 Å². The van der Waals surface area contributed by atoms with Gasteiger partial charge in [-0.25, -0.2) is 0 Å². The van der Waals surface area contributed by atoms with Crippen LogP contribution >= 0.6 is 7.60 Å². The molecule has 3 aromatic rings. The third-order valence-electron chi connectivity index (χ3n) is 5.05. The molecule has 0 radical (unpaired) electrons. The molecule has 1 heterocycles. The van der Waals surface area contributed by atoms with Crippen molar-refractivity contribution in [2.24, 2.45) is 0 Å². The van der Waals surface area contributed by atoms with Gasteiger partial charge < -0.3 is 15.1 Å². The molecule has 0 atom stereocenters. The molecule has 31 heavy (non-hydrogen) atoms. The number of unbranched alkanes of at least 4 members (excludes halogenated alkanes) is 2. The standard InChI is InChI=1S/C25H29N2O3P/c28-31(29,30)19-9-17-26-20-23-16-15-22(24-14-8-18-27-25(23)24)13-7-2-1-4-10-21-11-5-3-6-12-21/h3,5-6,8,11-12,14-16,18,26H,1-2,4,9-10,17,19-20H2,(H2,28,29,30). The molecule has 1 aromatic heterocycles. The summed E-state index contributed by atoms with van der Waals surface area (Å²) in [5, 5.41) is 4.28. The van der Waals surface area contributed by atoms with Crippen molar-refractivity contribution in [1.29, 1.82) is 0 Å². The van der Waals surface area contributed by atoms with Gasteiger partial charge in [0.05, 0.1) is 11.7 Å². The minimum absolute atomic E-state index is 0.0983. The minimum atomic E-state index is -3.93. The molecular weight excluding hydrogens is 407 g/mol. The molecule has 0 fully saturated rings. The lowest BCUT2D eigenvalue weighted by Gasteiger charge is -2.09. The van der Waals surface area contributed by atoms with E-state index in [0.29, 0.717) is 19.5 Å². The quantitative estimate of drug-likeness (QED) is 0.245. The van der Waals surface area contributed by atoms with E-state index < -0.39 is 7.60 Å². The number of benzene rings is 2. The summed E-state index contributed by atoms with van der Waals surface area (Å²) in [5.74, 6) is 6.62. The van der Waals surface area contributed by atoms with Gasteiger partial charge >= 0.3 is 7.60 Å². The second-order valence-corrected chi connectivity index (χ2v) is 9.36. The molecule has 0 aliphatic heterocycles. The maximum Gasteiger partial charge on any atom is 0.325 e. The van der Waals surface area contributed by atoms with Crippen molar-refractivity contribution in [3.05, 3.63) is 77.5 Å². The Morgan fingerprint density at radius 1 is 0.968 bits per heavy atom. The van der Waals surface area contributed by atoms with Crippen LogP contribution < -0.4 is 5.32 Å². The number of aryl methyl sites for hydroxylation is 1. The molecular formula is C25H29N2O3P. The Bertz CT molecular complexity index is 1080. The van der Waals surface area contributed by atoms with Crippen molar-refractivity contribution in [3.8, 4) is 11.8 Å². The number of hydrogen-bond donors (Lipinski definition) is 3. The van der Waals surface area contributed by atoms with Crippen LogP contribution in [0.15, 0.2) is 60.8 Å². The molecule has 0 aliphatic rings. The smallest absolute Gasteiger partial charge is 0.324 e. The van der Waals surface area contributed by atoms with E-state index in [0.717, 1.165) is 47.7 Å². The summed E-state index contributed by atoms with van der Waals surface area (Å²) in [4.78, 5) is 22.4. The fourth-order valence-corrected chi connectivity index (χ4v) is 4.03. The number of aromatic nitrogens is 1. The molecule has 6 heteroatoms. The highest BCUT2D eigenvalue weighted by Gasteiger charge is 2.11. The normalized spacial score (nSPS) is 11.3. The Kier molecular flexibility index (Phi) is 8.82. The summed E-state index contributed by atoms with van der Waals surface area (Å²) in [6, 6.07) is 18.6. The summed E-state index contributed by atoms with van der Waals surface area (Å²) < 4.78 is 10.9. The predicted octanol–water partition coefficient (Wildman–Crippen LogP) is 4.66. The molecule has 2 aromatic carbocycles. The van der Waals surface area contributed by atoms with E-state index >= 15 is 0 Å². The molecule has 0 amide bonds. The lowest BCUT2D eigenvalue weighted by atomic mass is 10.0. The highest BCUT2D eigenvalue weighted by atomic mass is 31.2. The van der Waals surface area contributed by atoms with Crippen LogP contribution in [0.1, 0.15) is 42.4 Å². The van der Waals surface area contributed by atoms with E-state index in [-0.39, 0.29) is 6.16 Å². The van der Waals surface area contributed by atoms with Crippen LogP contribution in [-0.4, -0.2) is 27.5 Å². The number of nitrogens with zero attached hydrogens (tertiary/aromatic N) is 1. The molecule has 162 valence electrons. The van der Waals surface area contributed by atoms with Gasteiger partial charge in [0.1, 0.15) is 0 Å². The van der Waals surface area contributed by atoms with Gasteiger partial charge in [0.25, 0.3) is 0 Å². The third-order valence-corrected chi connectivity index (χ3v) is 5.95. The molecule has 3 N–H and O–H groups in total. The fourth-order valence-electron chi connectivity index (χ4n) is 3.46. The van der Waals surface area contributed by atoms with E-state index in [4.69, 9.17) is 9.79 Å². The Balaban J connectivity index is 1.54. The maximum atomic E-state index is 10.9. The second-order valence-electron chi connectivity index (χ2n) is 7.58. The largest absolute Gasteiger partial charge is 0.325 e. The summed E-state index contributed by atoms with van der Waals surface area (Å²) in [5.41, 5.74) is 4.33. The van der Waals surface area contributed by atoms with E-state index in [9.17, 15) is 4.57 Å². The van der Waals surface area contributed by atoms with E-state index in [1.807, 2.05) is 30.3 Å². The maximum absolute atomic E-state index is 10.9. The van der Waals surface area contributed by atoms with Gasteiger partial charge in [-0.1, -0.05) is 54.3 Å². The van der Waals surface area contributed by atoms with Gasteiger partial charge in [0, 0.05) is 30.1 Å². The second kappa shape index (κ2) is 11.8. The van der Waals surface area contributed by atoms with Crippen LogP contribution in [0.25, 0.3) is 10.9 Å². The minimum Gasteiger partial charge on any atom is -0.324 e. The van der Waals surface area contributed by atoms with E-state index in [2.05, 4.69) is 46.4 Å². The van der Waals surface area contributed by atoms with Crippen molar-refractivity contribution in [2.75, 3.05) is 12.7 Å². The number of hydrogen-bond acceptors (Lipinski definition) is 3. The number of nitrogens with one attached hydrogen (secondary N) is 1. The predicted molar refractivity (Wildman–Crippen MR) is 126 cm³/mol. The summed E-state index contributed by atoms with van der Waals surface area (Å²) in [7, 11) is -3.93. The highest BCUT2D eigenvalue weighted by molar-refractivity contribution is 7.51. The van der Waals surface area contributed by atoms with Gasteiger partial charge in [-0.2, -0.15) is 0 Å². The zero-order valence-corrected chi connectivity index (χ0v) is 18.5. The number of fused-ring (bicyclic) bond motifs is 1. The lowest BCUT2D eigenvalue weighted by Crippen LogP contribution is -2.16. The zero-order chi connectivity index (χ0) is 21.9. The third kappa shape index (κ3) is 7.94. The molecule has 0 unspecified atom stereocenters.